The SMILES string of the molecule is Cc1ccc(-c2csc(N3CCN(S(=O)(=O)c4cc(Cl)cc(Cl)c4)CC3)n2)cc1. The van der Waals surface area contributed by atoms with Gasteiger partial charge in [-0.05, 0) is 25.1 Å². The topological polar surface area (TPSA) is 53.5 Å². The first-order chi connectivity index (χ1) is 13.8. The smallest absolute Gasteiger partial charge is 0.243 e. The summed E-state index contributed by atoms with van der Waals surface area (Å²) < 4.78 is 27.3. The first-order valence-corrected chi connectivity index (χ1v) is 12.1. The van der Waals surface area contributed by atoms with Crippen molar-refractivity contribution >= 4 is 49.7 Å². The molecular formula is C20H19Cl2N3O2S2. The molecule has 1 fully saturated rings. The highest BCUT2D eigenvalue weighted by atomic mass is 35.5. The van der Waals surface area contributed by atoms with Crippen molar-refractivity contribution < 1.29 is 8.42 Å². The average Bonchev–Trinajstić information content (AvgIpc) is 3.18. The van der Waals surface area contributed by atoms with Crippen LogP contribution in [0.2, 0.25) is 10.0 Å². The fourth-order valence-corrected chi connectivity index (χ4v) is 6.25. The van der Waals surface area contributed by atoms with Crippen molar-refractivity contribution in [2.24, 2.45) is 0 Å². The Morgan fingerprint density at radius 2 is 1.59 bits per heavy atom. The Morgan fingerprint density at radius 1 is 0.966 bits per heavy atom. The van der Waals surface area contributed by atoms with Crippen LogP contribution in [-0.4, -0.2) is 43.9 Å². The van der Waals surface area contributed by atoms with Gasteiger partial charge in [0.25, 0.3) is 0 Å². The standard InChI is InChI=1S/C20H19Cl2N3O2S2/c1-14-2-4-15(5-3-14)19-13-28-20(23-19)24-6-8-25(9-7-24)29(26,27)18-11-16(21)10-17(22)12-18/h2-5,10-13H,6-9H2,1H3. The monoisotopic (exact) mass is 467 g/mol. The van der Waals surface area contributed by atoms with Gasteiger partial charge in [-0.3, -0.25) is 0 Å². The lowest BCUT2D eigenvalue weighted by atomic mass is 10.1. The summed E-state index contributed by atoms with van der Waals surface area (Å²) in [7, 11) is -3.63. The van der Waals surface area contributed by atoms with E-state index >= 15 is 0 Å². The minimum absolute atomic E-state index is 0.124. The van der Waals surface area contributed by atoms with Crippen molar-refractivity contribution in [3.8, 4) is 11.3 Å². The number of aromatic nitrogens is 1. The van der Waals surface area contributed by atoms with Gasteiger partial charge in [-0.2, -0.15) is 4.31 Å². The third kappa shape index (κ3) is 4.44. The Balaban J connectivity index is 1.46. The summed E-state index contributed by atoms with van der Waals surface area (Å²) >= 11 is 13.5. The Hall–Kier alpha value is -1.64. The summed E-state index contributed by atoms with van der Waals surface area (Å²) in [6.07, 6.45) is 0. The predicted octanol–water partition coefficient (Wildman–Crippen LogP) is 4.94. The maximum absolute atomic E-state index is 12.9. The highest BCUT2D eigenvalue weighted by Crippen LogP contribution is 2.30. The summed E-state index contributed by atoms with van der Waals surface area (Å²) in [6.45, 7) is 3.97. The molecule has 0 aliphatic carbocycles. The van der Waals surface area contributed by atoms with Gasteiger partial charge in [0, 0.05) is 47.2 Å². The normalized spacial score (nSPS) is 15.6. The summed E-state index contributed by atoms with van der Waals surface area (Å²) in [6, 6.07) is 12.7. The van der Waals surface area contributed by atoms with Crippen molar-refractivity contribution in [3.05, 3.63) is 63.5 Å². The molecule has 0 radical (unpaired) electrons. The number of thiazole rings is 1. The number of anilines is 1. The summed E-state index contributed by atoms with van der Waals surface area (Å²) in [5.41, 5.74) is 3.23. The van der Waals surface area contributed by atoms with Crippen LogP contribution >= 0.6 is 34.5 Å². The van der Waals surface area contributed by atoms with Crippen molar-refractivity contribution in [2.75, 3.05) is 31.1 Å². The maximum Gasteiger partial charge on any atom is 0.243 e. The van der Waals surface area contributed by atoms with E-state index in [9.17, 15) is 8.42 Å². The second kappa shape index (κ2) is 8.24. The largest absolute Gasteiger partial charge is 0.345 e. The van der Waals surface area contributed by atoms with Gasteiger partial charge in [-0.1, -0.05) is 53.0 Å². The van der Waals surface area contributed by atoms with Crippen molar-refractivity contribution in [2.45, 2.75) is 11.8 Å². The molecule has 9 heteroatoms. The zero-order valence-electron chi connectivity index (χ0n) is 15.7. The zero-order valence-corrected chi connectivity index (χ0v) is 18.8. The highest BCUT2D eigenvalue weighted by molar-refractivity contribution is 7.89. The van der Waals surface area contributed by atoms with E-state index in [1.165, 1.54) is 28.1 Å². The Kier molecular flexibility index (Phi) is 5.86. The zero-order chi connectivity index (χ0) is 20.6. The summed E-state index contributed by atoms with van der Waals surface area (Å²) in [4.78, 5) is 6.99. The molecule has 0 unspecified atom stereocenters. The molecule has 3 aromatic rings. The highest BCUT2D eigenvalue weighted by Gasteiger charge is 2.30. The van der Waals surface area contributed by atoms with Gasteiger partial charge in [0.15, 0.2) is 5.13 Å². The van der Waals surface area contributed by atoms with Crippen molar-refractivity contribution in [1.82, 2.24) is 9.29 Å². The molecule has 0 saturated carbocycles. The molecule has 0 atom stereocenters. The van der Waals surface area contributed by atoms with Gasteiger partial charge in [0.1, 0.15) is 0 Å². The third-order valence-corrected chi connectivity index (χ3v) is 8.04. The van der Waals surface area contributed by atoms with Gasteiger partial charge < -0.3 is 4.90 Å². The van der Waals surface area contributed by atoms with Crippen LogP contribution in [0, 0.1) is 6.92 Å². The molecule has 1 aliphatic heterocycles. The molecule has 152 valence electrons. The van der Waals surface area contributed by atoms with Gasteiger partial charge in [-0.15, -0.1) is 11.3 Å². The molecule has 1 saturated heterocycles. The first kappa shape index (κ1) is 20.6. The van der Waals surface area contributed by atoms with Crippen molar-refractivity contribution in [1.29, 1.82) is 0 Å². The lowest BCUT2D eigenvalue weighted by Gasteiger charge is -2.33. The van der Waals surface area contributed by atoms with Crippen molar-refractivity contribution in [3.63, 3.8) is 0 Å². The number of hydrogen-bond acceptors (Lipinski definition) is 5. The number of hydrogen-bond donors (Lipinski definition) is 0. The Labute approximate surface area is 184 Å². The van der Waals surface area contributed by atoms with Crippen LogP contribution < -0.4 is 4.90 Å². The van der Waals surface area contributed by atoms with E-state index in [-0.39, 0.29) is 4.90 Å². The Bertz CT molecular complexity index is 1100. The molecule has 2 heterocycles. The maximum atomic E-state index is 12.9. The average molecular weight is 468 g/mol. The van der Waals surface area contributed by atoms with E-state index in [1.54, 1.807) is 11.3 Å². The van der Waals surface area contributed by atoms with Gasteiger partial charge in [0.05, 0.1) is 10.6 Å². The van der Waals surface area contributed by atoms with Crippen LogP contribution in [0.5, 0.6) is 0 Å². The molecule has 4 rings (SSSR count). The molecular weight excluding hydrogens is 449 g/mol. The number of nitrogens with zero attached hydrogens (tertiary/aromatic N) is 3. The summed E-state index contributed by atoms with van der Waals surface area (Å²) in [5.74, 6) is 0. The molecule has 0 bridgehead atoms. The molecule has 1 aliphatic rings. The number of piperazine rings is 1. The lowest BCUT2D eigenvalue weighted by Crippen LogP contribution is -2.48. The quantitative estimate of drug-likeness (QED) is 0.545. The molecule has 0 spiro atoms. The van der Waals surface area contributed by atoms with Crippen LogP contribution in [0.3, 0.4) is 0 Å². The first-order valence-electron chi connectivity index (χ1n) is 9.07. The van der Waals surface area contributed by atoms with Gasteiger partial charge in [0.2, 0.25) is 10.0 Å². The number of aryl methyl sites for hydroxylation is 1. The second-order valence-electron chi connectivity index (χ2n) is 6.88. The van der Waals surface area contributed by atoms with Gasteiger partial charge in [-0.25, -0.2) is 13.4 Å². The van der Waals surface area contributed by atoms with E-state index in [2.05, 4.69) is 36.1 Å². The van der Waals surface area contributed by atoms with E-state index in [1.807, 2.05) is 5.38 Å². The molecule has 1 aromatic heterocycles. The van der Waals surface area contributed by atoms with Crippen LogP contribution in [0.1, 0.15) is 5.56 Å². The summed E-state index contributed by atoms with van der Waals surface area (Å²) in [5, 5.41) is 3.56. The minimum Gasteiger partial charge on any atom is -0.345 e. The van der Waals surface area contributed by atoms with E-state index < -0.39 is 10.0 Å². The molecule has 0 N–H and O–H groups in total. The molecule has 5 nitrogen and oxygen atoms in total. The van der Waals surface area contributed by atoms with Crippen LogP contribution in [0.15, 0.2) is 52.7 Å². The molecule has 2 aromatic carbocycles. The predicted molar refractivity (Wildman–Crippen MR) is 120 cm³/mol. The van der Waals surface area contributed by atoms with E-state index in [4.69, 9.17) is 28.2 Å². The van der Waals surface area contributed by atoms with E-state index in [0.29, 0.717) is 36.2 Å². The van der Waals surface area contributed by atoms with E-state index in [0.717, 1.165) is 16.4 Å². The van der Waals surface area contributed by atoms with Crippen LogP contribution in [0.25, 0.3) is 11.3 Å². The number of sulfonamides is 1. The second-order valence-corrected chi connectivity index (χ2v) is 10.5. The lowest BCUT2D eigenvalue weighted by molar-refractivity contribution is 0.385. The van der Waals surface area contributed by atoms with Gasteiger partial charge >= 0.3 is 0 Å². The fourth-order valence-electron chi connectivity index (χ4n) is 3.21. The van der Waals surface area contributed by atoms with Crippen LogP contribution in [0.4, 0.5) is 5.13 Å². The minimum atomic E-state index is -3.63. The molecule has 29 heavy (non-hydrogen) atoms. The third-order valence-electron chi connectivity index (χ3n) is 4.82. The molecule has 0 amide bonds. The van der Waals surface area contributed by atoms with Crippen LogP contribution in [-0.2, 0) is 10.0 Å². The fraction of sp³-hybridized carbons (Fsp3) is 0.250. The number of halogens is 2. The number of benzene rings is 2. The Morgan fingerprint density at radius 3 is 2.21 bits per heavy atom. The number of rotatable bonds is 4.